The summed E-state index contributed by atoms with van der Waals surface area (Å²) in [5.74, 6) is 0.470. The Morgan fingerprint density at radius 2 is 1.89 bits per heavy atom. The molecule has 19 heavy (non-hydrogen) atoms. The molecule has 1 aliphatic rings. The fourth-order valence-electron chi connectivity index (χ4n) is 2.19. The number of nitrogens with one attached hydrogen (secondary N) is 2. The van der Waals surface area contributed by atoms with Crippen LogP contribution in [0.4, 0.5) is 4.79 Å². The SMILES string of the molecule is CC(C)CN1C(=O)NC(=N)C1c1cc(Cl)cc(Cl)c1. The van der Waals surface area contributed by atoms with Crippen LogP contribution in [0.2, 0.25) is 10.0 Å². The van der Waals surface area contributed by atoms with Crippen molar-refractivity contribution < 1.29 is 4.79 Å². The van der Waals surface area contributed by atoms with Crippen LogP contribution in [0.15, 0.2) is 18.2 Å². The van der Waals surface area contributed by atoms with Gasteiger partial charge in [-0.1, -0.05) is 37.0 Å². The molecule has 1 heterocycles. The molecule has 1 saturated heterocycles. The minimum Gasteiger partial charge on any atom is -0.310 e. The second-order valence-electron chi connectivity index (χ2n) is 5.00. The fraction of sp³-hybridized carbons (Fsp3) is 0.385. The van der Waals surface area contributed by atoms with Gasteiger partial charge in [-0.25, -0.2) is 4.79 Å². The number of amides is 2. The summed E-state index contributed by atoms with van der Waals surface area (Å²) < 4.78 is 0. The van der Waals surface area contributed by atoms with Gasteiger partial charge < -0.3 is 4.90 Å². The van der Waals surface area contributed by atoms with Gasteiger partial charge in [0, 0.05) is 16.6 Å². The summed E-state index contributed by atoms with van der Waals surface area (Å²) in [6.45, 7) is 4.62. The Morgan fingerprint density at radius 3 is 2.42 bits per heavy atom. The topological polar surface area (TPSA) is 56.2 Å². The molecule has 1 atom stereocenters. The van der Waals surface area contributed by atoms with Crippen LogP contribution < -0.4 is 5.32 Å². The van der Waals surface area contributed by atoms with Crippen molar-refractivity contribution in [3.8, 4) is 0 Å². The van der Waals surface area contributed by atoms with E-state index >= 15 is 0 Å². The van der Waals surface area contributed by atoms with Gasteiger partial charge in [-0.05, 0) is 29.7 Å². The molecular formula is C13H15Cl2N3O. The van der Waals surface area contributed by atoms with E-state index in [0.29, 0.717) is 22.5 Å². The van der Waals surface area contributed by atoms with Crippen molar-refractivity contribution in [3.05, 3.63) is 33.8 Å². The zero-order chi connectivity index (χ0) is 14.2. The molecule has 0 spiro atoms. The molecule has 1 unspecified atom stereocenters. The van der Waals surface area contributed by atoms with Gasteiger partial charge in [0.2, 0.25) is 0 Å². The van der Waals surface area contributed by atoms with Gasteiger partial charge in [-0.15, -0.1) is 0 Å². The largest absolute Gasteiger partial charge is 0.323 e. The zero-order valence-electron chi connectivity index (χ0n) is 10.7. The Bertz CT molecular complexity index is 510. The maximum atomic E-state index is 11.9. The highest BCUT2D eigenvalue weighted by Crippen LogP contribution is 2.30. The van der Waals surface area contributed by atoms with E-state index in [2.05, 4.69) is 5.32 Å². The summed E-state index contributed by atoms with van der Waals surface area (Å²) in [6, 6.07) is 4.42. The molecule has 2 amide bonds. The standard InChI is InChI=1S/C13H15Cl2N3O/c1-7(2)6-18-11(12(16)17-13(18)19)8-3-9(14)5-10(15)4-8/h3-5,7,11H,6H2,1-2H3,(H2,16,17,19). The van der Waals surface area contributed by atoms with E-state index in [4.69, 9.17) is 28.6 Å². The van der Waals surface area contributed by atoms with Gasteiger partial charge >= 0.3 is 6.03 Å². The number of rotatable bonds is 3. The molecular weight excluding hydrogens is 285 g/mol. The van der Waals surface area contributed by atoms with Crippen LogP contribution in [0.1, 0.15) is 25.5 Å². The van der Waals surface area contributed by atoms with Gasteiger partial charge in [-0.3, -0.25) is 10.7 Å². The maximum absolute atomic E-state index is 11.9. The van der Waals surface area contributed by atoms with Crippen LogP contribution in [0.25, 0.3) is 0 Å². The van der Waals surface area contributed by atoms with Crippen LogP contribution in [-0.2, 0) is 0 Å². The maximum Gasteiger partial charge on any atom is 0.323 e. The number of halogens is 2. The second kappa shape index (κ2) is 5.39. The van der Waals surface area contributed by atoms with Gasteiger partial charge in [0.1, 0.15) is 11.9 Å². The highest BCUT2D eigenvalue weighted by molar-refractivity contribution is 6.34. The normalized spacial score (nSPS) is 19.2. The predicted octanol–water partition coefficient (Wildman–Crippen LogP) is 3.69. The van der Waals surface area contributed by atoms with Gasteiger partial charge in [0.05, 0.1) is 0 Å². The molecule has 1 aliphatic heterocycles. The quantitative estimate of drug-likeness (QED) is 0.878. The smallest absolute Gasteiger partial charge is 0.310 e. The first-order chi connectivity index (χ1) is 8.88. The molecule has 4 nitrogen and oxygen atoms in total. The first kappa shape index (κ1) is 14.2. The van der Waals surface area contributed by atoms with Crippen LogP contribution in [-0.4, -0.2) is 23.3 Å². The Labute approximate surface area is 122 Å². The molecule has 102 valence electrons. The Hall–Kier alpha value is -1.26. The lowest BCUT2D eigenvalue weighted by Crippen LogP contribution is -2.33. The number of carbonyl (C=O) groups is 1. The monoisotopic (exact) mass is 299 g/mol. The average Bonchev–Trinajstić information content (AvgIpc) is 2.51. The Kier molecular flexibility index (Phi) is 4.02. The summed E-state index contributed by atoms with van der Waals surface area (Å²) in [6.07, 6.45) is 0. The van der Waals surface area contributed by atoms with Crippen molar-refractivity contribution in [2.75, 3.05) is 6.54 Å². The highest BCUT2D eigenvalue weighted by Gasteiger charge is 2.37. The molecule has 1 aromatic carbocycles. The Balaban J connectivity index is 2.39. The first-order valence-electron chi connectivity index (χ1n) is 6.00. The van der Waals surface area contributed by atoms with Crippen molar-refractivity contribution in [2.45, 2.75) is 19.9 Å². The number of hydrogen-bond donors (Lipinski definition) is 2. The number of nitrogens with zero attached hydrogens (tertiary/aromatic N) is 1. The molecule has 1 fully saturated rings. The summed E-state index contributed by atoms with van der Waals surface area (Å²) >= 11 is 12.0. The van der Waals surface area contributed by atoms with Crippen molar-refractivity contribution in [2.24, 2.45) is 5.92 Å². The molecule has 6 heteroatoms. The third kappa shape index (κ3) is 3.01. The molecule has 0 saturated carbocycles. The fourth-order valence-corrected chi connectivity index (χ4v) is 2.73. The van der Waals surface area contributed by atoms with Crippen LogP contribution >= 0.6 is 23.2 Å². The minimum atomic E-state index is -0.439. The number of urea groups is 1. The molecule has 2 rings (SSSR count). The van der Waals surface area contributed by atoms with E-state index in [1.807, 2.05) is 13.8 Å². The molecule has 2 N–H and O–H groups in total. The lowest BCUT2D eigenvalue weighted by molar-refractivity contribution is 0.198. The van der Waals surface area contributed by atoms with Gasteiger partial charge in [0.25, 0.3) is 0 Å². The van der Waals surface area contributed by atoms with Crippen LogP contribution in [0, 0.1) is 11.3 Å². The first-order valence-corrected chi connectivity index (χ1v) is 6.76. The average molecular weight is 300 g/mol. The number of carbonyl (C=O) groups excluding carboxylic acids is 1. The van der Waals surface area contributed by atoms with E-state index in [1.54, 1.807) is 23.1 Å². The van der Waals surface area contributed by atoms with Crippen molar-refractivity contribution in [3.63, 3.8) is 0 Å². The molecule has 0 bridgehead atoms. The summed E-state index contributed by atoms with van der Waals surface area (Å²) in [4.78, 5) is 13.5. The van der Waals surface area contributed by atoms with E-state index < -0.39 is 6.04 Å². The van der Waals surface area contributed by atoms with Crippen molar-refractivity contribution in [1.29, 1.82) is 5.41 Å². The second-order valence-corrected chi connectivity index (χ2v) is 5.87. The lowest BCUT2D eigenvalue weighted by Gasteiger charge is -2.25. The third-order valence-corrected chi connectivity index (χ3v) is 3.29. The summed E-state index contributed by atoms with van der Waals surface area (Å²) in [5, 5.41) is 11.5. The van der Waals surface area contributed by atoms with Crippen LogP contribution in [0.5, 0.6) is 0 Å². The van der Waals surface area contributed by atoms with E-state index in [-0.39, 0.29) is 11.9 Å². The van der Waals surface area contributed by atoms with Crippen LogP contribution in [0.3, 0.4) is 0 Å². The number of amidine groups is 1. The zero-order valence-corrected chi connectivity index (χ0v) is 12.2. The van der Waals surface area contributed by atoms with Crippen molar-refractivity contribution >= 4 is 35.1 Å². The number of benzene rings is 1. The van der Waals surface area contributed by atoms with E-state index in [9.17, 15) is 4.79 Å². The van der Waals surface area contributed by atoms with Crippen molar-refractivity contribution in [1.82, 2.24) is 10.2 Å². The van der Waals surface area contributed by atoms with Gasteiger partial charge in [-0.2, -0.15) is 0 Å². The predicted molar refractivity (Wildman–Crippen MR) is 77.0 cm³/mol. The molecule has 0 aliphatic carbocycles. The Morgan fingerprint density at radius 1 is 1.32 bits per heavy atom. The van der Waals surface area contributed by atoms with E-state index in [0.717, 1.165) is 5.56 Å². The minimum absolute atomic E-state index is 0.156. The molecule has 0 aromatic heterocycles. The lowest BCUT2D eigenvalue weighted by atomic mass is 10.0. The third-order valence-electron chi connectivity index (χ3n) is 2.85. The summed E-state index contributed by atoms with van der Waals surface area (Å²) in [5.41, 5.74) is 0.751. The van der Waals surface area contributed by atoms with Gasteiger partial charge in [0.15, 0.2) is 0 Å². The highest BCUT2D eigenvalue weighted by atomic mass is 35.5. The molecule has 1 aromatic rings. The molecule has 0 radical (unpaired) electrons. The number of hydrogen-bond acceptors (Lipinski definition) is 2. The van der Waals surface area contributed by atoms with E-state index in [1.165, 1.54) is 0 Å². The summed E-state index contributed by atoms with van der Waals surface area (Å²) in [7, 11) is 0.